The molecule has 1 N–H and O–H groups in total. The summed E-state index contributed by atoms with van der Waals surface area (Å²) in [7, 11) is 4.16. The van der Waals surface area contributed by atoms with Crippen LogP contribution in [0.3, 0.4) is 0 Å². The van der Waals surface area contributed by atoms with Gasteiger partial charge in [-0.2, -0.15) is 0 Å². The Labute approximate surface area is 170 Å². The van der Waals surface area contributed by atoms with Crippen molar-refractivity contribution in [1.82, 2.24) is 9.97 Å². The third kappa shape index (κ3) is 3.76. The number of benzene rings is 2. The number of carbonyl (C=O) groups excluding carboxylic acids is 1. The van der Waals surface area contributed by atoms with Crippen molar-refractivity contribution in [1.29, 1.82) is 0 Å². The zero-order valence-corrected chi connectivity index (χ0v) is 17.2. The average Bonchev–Trinajstić information content (AvgIpc) is 3.31. The van der Waals surface area contributed by atoms with Gasteiger partial charge in [0.15, 0.2) is 5.13 Å². The third-order valence-corrected chi connectivity index (χ3v) is 6.31. The van der Waals surface area contributed by atoms with Gasteiger partial charge in [0.2, 0.25) is 0 Å². The van der Waals surface area contributed by atoms with Crippen molar-refractivity contribution in [2.75, 3.05) is 32.1 Å². The second kappa shape index (κ2) is 7.90. The number of thiazole rings is 2. The number of carbonyl (C=O) groups is 1. The molecule has 4 rings (SSSR count). The van der Waals surface area contributed by atoms with E-state index < -0.39 is 0 Å². The molecular weight excluding hydrogens is 395 g/mol. The summed E-state index contributed by atoms with van der Waals surface area (Å²) in [6.07, 6.45) is 0.829. The summed E-state index contributed by atoms with van der Waals surface area (Å²) in [6, 6.07) is 10.4. The summed E-state index contributed by atoms with van der Waals surface area (Å²) in [6.45, 7) is 1.46. The summed E-state index contributed by atoms with van der Waals surface area (Å²) in [4.78, 5) is 25.0. The lowest BCUT2D eigenvalue weighted by Gasteiger charge is -2.20. The number of para-hydroxylation sites is 1. The van der Waals surface area contributed by atoms with Crippen LogP contribution in [0.5, 0.6) is 0 Å². The van der Waals surface area contributed by atoms with Gasteiger partial charge in [-0.15, -0.1) is 11.3 Å². The van der Waals surface area contributed by atoms with Gasteiger partial charge in [0.25, 0.3) is 5.91 Å². The number of halogens is 1. The van der Waals surface area contributed by atoms with Crippen molar-refractivity contribution in [3.8, 4) is 0 Å². The highest BCUT2D eigenvalue weighted by molar-refractivity contribution is 7.22. The van der Waals surface area contributed by atoms with Crippen molar-refractivity contribution in [3.05, 3.63) is 53.3 Å². The molecule has 0 aliphatic carbocycles. The molecular formula is C20H20FN4OS2+. The molecule has 5 nitrogen and oxygen atoms in total. The van der Waals surface area contributed by atoms with Crippen LogP contribution in [0.25, 0.3) is 20.4 Å². The second-order valence-electron chi connectivity index (χ2n) is 6.89. The van der Waals surface area contributed by atoms with Crippen molar-refractivity contribution in [2.45, 2.75) is 6.42 Å². The molecule has 2 aromatic heterocycles. The van der Waals surface area contributed by atoms with Gasteiger partial charge >= 0.3 is 0 Å². The van der Waals surface area contributed by atoms with Gasteiger partial charge in [-0.05, 0) is 30.3 Å². The van der Waals surface area contributed by atoms with Gasteiger partial charge in [0.1, 0.15) is 11.3 Å². The Morgan fingerprint density at radius 2 is 2.07 bits per heavy atom. The summed E-state index contributed by atoms with van der Waals surface area (Å²) < 4.78 is 15.8. The van der Waals surface area contributed by atoms with Crippen molar-refractivity contribution in [3.63, 3.8) is 0 Å². The second-order valence-corrected chi connectivity index (χ2v) is 8.78. The van der Waals surface area contributed by atoms with Crippen LogP contribution in [-0.4, -0.2) is 43.1 Å². The molecule has 0 aliphatic heterocycles. The smallest absolute Gasteiger partial charge is 0.260 e. The first-order valence-corrected chi connectivity index (χ1v) is 10.7. The quantitative estimate of drug-likeness (QED) is 0.526. The Hall–Kier alpha value is -2.42. The summed E-state index contributed by atoms with van der Waals surface area (Å²) in [5, 5.41) is 0.531. The van der Waals surface area contributed by atoms with E-state index in [1.165, 1.54) is 33.6 Å². The first-order valence-electron chi connectivity index (χ1n) is 9.02. The number of nitrogens with one attached hydrogen (secondary N) is 1. The maximum Gasteiger partial charge on any atom is 0.260 e. The topological polar surface area (TPSA) is 50.5 Å². The minimum Gasteiger partial charge on any atom is -0.340 e. The van der Waals surface area contributed by atoms with E-state index >= 15 is 0 Å². The minimum atomic E-state index is -0.365. The molecule has 0 spiro atoms. The SMILES string of the molecule is C[NH+](C)CCCN(C(=O)c1ccc2ncsc2c1)c1nc2c(F)cccc2s1. The Morgan fingerprint density at radius 1 is 1.21 bits per heavy atom. The zero-order valence-electron chi connectivity index (χ0n) is 15.6. The highest BCUT2D eigenvalue weighted by Gasteiger charge is 2.22. The van der Waals surface area contributed by atoms with Crippen LogP contribution in [0.4, 0.5) is 9.52 Å². The molecule has 0 unspecified atom stereocenters. The van der Waals surface area contributed by atoms with Gasteiger partial charge in [-0.1, -0.05) is 17.4 Å². The number of aromatic nitrogens is 2. The molecule has 28 heavy (non-hydrogen) atoms. The van der Waals surface area contributed by atoms with Crippen LogP contribution in [0.15, 0.2) is 41.9 Å². The number of nitrogens with zero attached hydrogens (tertiary/aromatic N) is 3. The van der Waals surface area contributed by atoms with E-state index in [4.69, 9.17) is 0 Å². The standard InChI is InChI=1S/C20H19FN4OS2/c1-24(2)9-4-10-25(20-23-18-14(21)5-3-6-16(18)28-20)19(26)13-7-8-15-17(11-13)27-12-22-15/h3,5-8,11-12H,4,9-10H2,1-2H3/p+1. The van der Waals surface area contributed by atoms with Crippen molar-refractivity contribution < 1.29 is 14.1 Å². The summed E-state index contributed by atoms with van der Waals surface area (Å²) >= 11 is 2.85. The van der Waals surface area contributed by atoms with Crippen molar-refractivity contribution in [2.24, 2.45) is 0 Å². The molecule has 8 heteroatoms. The van der Waals surface area contributed by atoms with E-state index in [1.54, 1.807) is 22.5 Å². The lowest BCUT2D eigenvalue weighted by atomic mass is 10.2. The molecule has 0 fully saturated rings. The molecule has 0 atom stereocenters. The van der Waals surface area contributed by atoms with E-state index in [9.17, 15) is 9.18 Å². The highest BCUT2D eigenvalue weighted by atomic mass is 32.1. The lowest BCUT2D eigenvalue weighted by molar-refractivity contribution is -0.858. The van der Waals surface area contributed by atoms with Crippen LogP contribution in [0.1, 0.15) is 16.8 Å². The first kappa shape index (κ1) is 18.9. The molecule has 1 amide bonds. The first-order chi connectivity index (χ1) is 13.5. The fourth-order valence-electron chi connectivity index (χ4n) is 3.04. The fraction of sp³-hybridized carbons (Fsp3) is 0.250. The van der Waals surface area contributed by atoms with Crippen LogP contribution >= 0.6 is 22.7 Å². The predicted octanol–water partition coefficient (Wildman–Crippen LogP) is 3.23. The Bertz CT molecular complexity index is 1140. The zero-order chi connectivity index (χ0) is 19.7. The Morgan fingerprint density at radius 3 is 2.86 bits per heavy atom. The van der Waals surface area contributed by atoms with E-state index in [1.807, 2.05) is 18.2 Å². The number of fused-ring (bicyclic) bond motifs is 2. The van der Waals surface area contributed by atoms with E-state index in [2.05, 4.69) is 24.1 Å². The molecule has 144 valence electrons. The summed E-state index contributed by atoms with van der Waals surface area (Å²) in [5.74, 6) is -0.486. The average molecular weight is 416 g/mol. The van der Waals surface area contributed by atoms with Gasteiger partial charge in [-0.3, -0.25) is 9.69 Å². The molecule has 0 radical (unpaired) electrons. The molecule has 0 saturated heterocycles. The number of amides is 1. The Kier molecular flexibility index (Phi) is 5.34. The molecule has 0 aliphatic rings. The van der Waals surface area contributed by atoms with Gasteiger partial charge in [0.05, 0.1) is 41.1 Å². The van der Waals surface area contributed by atoms with E-state index in [-0.39, 0.29) is 11.7 Å². The monoisotopic (exact) mass is 415 g/mol. The van der Waals surface area contributed by atoms with E-state index in [0.29, 0.717) is 22.8 Å². The number of rotatable bonds is 6. The predicted molar refractivity (Wildman–Crippen MR) is 113 cm³/mol. The number of anilines is 1. The minimum absolute atomic E-state index is 0.122. The van der Waals surface area contributed by atoms with Gasteiger partial charge in [0, 0.05) is 18.5 Å². The Balaban J connectivity index is 1.70. The van der Waals surface area contributed by atoms with Gasteiger partial charge in [-0.25, -0.2) is 14.4 Å². The van der Waals surface area contributed by atoms with Crippen molar-refractivity contribution >= 4 is 54.1 Å². The molecule has 0 saturated carbocycles. The third-order valence-electron chi connectivity index (χ3n) is 4.47. The molecule has 4 aromatic rings. The van der Waals surface area contributed by atoms with E-state index in [0.717, 1.165) is 27.9 Å². The molecule has 2 aromatic carbocycles. The normalized spacial score (nSPS) is 11.6. The van der Waals surface area contributed by atoms with Crippen LogP contribution < -0.4 is 9.80 Å². The number of hydrogen-bond donors (Lipinski definition) is 1. The summed E-state index contributed by atoms with van der Waals surface area (Å²) in [5.41, 5.74) is 3.56. The largest absolute Gasteiger partial charge is 0.340 e. The van der Waals surface area contributed by atoms with Crippen LogP contribution in [-0.2, 0) is 0 Å². The maximum absolute atomic E-state index is 14.1. The number of quaternary nitrogens is 1. The van der Waals surface area contributed by atoms with Gasteiger partial charge < -0.3 is 4.90 Å². The van der Waals surface area contributed by atoms with Crippen LogP contribution in [0, 0.1) is 5.82 Å². The number of hydrogen-bond acceptors (Lipinski definition) is 5. The van der Waals surface area contributed by atoms with Crippen LogP contribution in [0.2, 0.25) is 0 Å². The molecule has 0 bridgehead atoms. The molecule has 2 heterocycles. The fourth-order valence-corrected chi connectivity index (χ4v) is 4.76. The highest BCUT2D eigenvalue weighted by Crippen LogP contribution is 2.31. The maximum atomic E-state index is 14.1. The lowest BCUT2D eigenvalue weighted by Crippen LogP contribution is -3.05.